The van der Waals surface area contributed by atoms with Crippen molar-refractivity contribution in [3.8, 4) is 0 Å². The van der Waals surface area contributed by atoms with Crippen LogP contribution in [0.4, 0.5) is 9.93 Å². The predicted octanol–water partition coefficient (Wildman–Crippen LogP) is 3.54. The molecular formula is C13H21N3OS. The molecule has 0 atom stereocenters. The fourth-order valence-electron chi connectivity index (χ4n) is 2.42. The van der Waals surface area contributed by atoms with Crippen LogP contribution < -0.4 is 10.6 Å². The second-order valence-electron chi connectivity index (χ2n) is 4.97. The minimum Gasteiger partial charge on any atom is -0.338 e. The van der Waals surface area contributed by atoms with E-state index in [0.717, 1.165) is 24.6 Å². The first-order valence-electron chi connectivity index (χ1n) is 6.71. The number of hydrogen-bond donors (Lipinski definition) is 2. The van der Waals surface area contributed by atoms with E-state index >= 15 is 0 Å². The number of carbonyl (C=O) groups excluding carboxylic acids is 1. The van der Waals surface area contributed by atoms with Gasteiger partial charge in [0.15, 0.2) is 5.13 Å². The number of amides is 2. The van der Waals surface area contributed by atoms with Crippen LogP contribution in [0.5, 0.6) is 0 Å². The summed E-state index contributed by atoms with van der Waals surface area (Å²) in [7, 11) is 0. The van der Waals surface area contributed by atoms with Gasteiger partial charge in [0.25, 0.3) is 0 Å². The highest BCUT2D eigenvalue weighted by Crippen LogP contribution is 2.25. The van der Waals surface area contributed by atoms with Crippen molar-refractivity contribution in [3.63, 3.8) is 0 Å². The summed E-state index contributed by atoms with van der Waals surface area (Å²) >= 11 is 1.46. The lowest BCUT2D eigenvalue weighted by molar-refractivity contribution is 0.250. The highest BCUT2D eigenvalue weighted by Gasteiger charge is 2.13. The molecule has 1 aliphatic carbocycles. The zero-order valence-electron chi connectivity index (χ0n) is 10.9. The Kier molecular flexibility index (Phi) is 4.99. The summed E-state index contributed by atoms with van der Waals surface area (Å²) in [5.74, 6) is 0.807. The number of carbonyl (C=O) groups is 1. The van der Waals surface area contributed by atoms with E-state index < -0.39 is 0 Å². The van der Waals surface area contributed by atoms with Crippen LogP contribution in [0.3, 0.4) is 0 Å². The zero-order chi connectivity index (χ0) is 12.8. The molecule has 2 rings (SSSR count). The van der Waals surface area contributed by atoms with Crippen molar-refractivity contribution in [3.05, 3.63) is 11.1 Å². The van der Waals surface area contributed by atoms with Crippen LogP contribution >= 0.6 is 11.3 Å². The number of aromatic nitrogens is 1. The highest BCUT2D eigenvalue weighted by atomic mass is 32.1. The molecule has 1 aromatic heterocycles. The Morgan fingerprint density at radius 1 is 1.44 bits per heavy atom. The molecule has 18 heavy (non-hydrogen) atoms. The van der Waals surface area contributed by atoms with E-state index in [9.17, 15) is 4.79 Å². The number of aryl methyl sites for hydroxylation is 1. The summed E-state index contributed by atoms with van der Waals surface area (Å²) in [6.07, 6.45) is 7.85. The molecule has 0 unspecified atom stereocenters. The molecule has 4 nitrogen and oxygen atoms in total. The second kappa shape index (κ2) is 6.73. The Hall–Kier alpha value is -1.10. The zero-order valence-corrected chi connectivity index (χ0v) is 11.7. The molecule has 1 fully saturated rings. The SMILES string of the molecule is Cc1csc(NC(=O)NCCC2CCCCC2)n1. The van der Waals surface area contributed by atoms with E-state index in [1.807, 2.05) is 12.3 Å². The van der Waals surface area contributed by atoms with E-state index in [2.05, 4.69) is 15.6 Å². The Balaban J connectivity index is 1.62. The molecule has 5 heteroatoms. The first-order chi connectivity index (χ1) is 8.74. The summed E-state index contributed by atoms with van der Waals surface area (Å²) in [5.41, 5.74) is 0.942. The molecular weight excluding hydrogens is 246 g/mol. The smallest absolute Gasteiger partial charge is 0.321 e. The van der Waals surface area contributed by atoms with Crippen LogP contribution in [-0.4, -0.2) is 17.6 Å². The summed E-state index contributed by atoms with van der Waals surface area (Å²) in [4.78, 5) is 15.8. The van der Waals surface area contributed by atoms with Crippen LogP contribution in [0.25, 0.3) is 0 Å². The first kappa shape index (κ1) is 13.3. The summed E-state index contributed by atoms with van der Waals surface area (Å²) in [6, 6.07) is -0.139. The van der Waals surface area contributed by atoms with Gasteiger partial charge in [-0.15, -0.1) is 11.3 Å². The Morgan fingerprint density at radius 3 is 2.89 bits per heavy atom. The van der Waals surface area contributed by atoms with Gasteiger partial charge in [0, 0.05) is 11.9 Å². The summed E-state index contributed by atoms with van der Waals surface area (Å²) in [6.45, 7) is 2.68. The Morgan fingerprint density at radius 2 is 2.22 bits per heavy atom. The fraction of sp³-hybridized carbons (Fsp3) is 0.692. The number of urea groups is 1. The van der Waals surface area contributed by atoms with Gasteiger partial charge >= 0.3 is 6.03 Å². The van der Waals surface area contributed by atoms with Gasteiger partial charge in [-0.2, -0.15) is 0 Å². The molecule has 0 saturated heterocycles. The van der Waals surface area contributed by atoms with Gasteiger partial charge in [-0.05, 0) is 19.3 Å². The third-order valence-corrected chi connectivity index (χ3v) is 4.28. The van der Waals surface area contributed by atoms with Crippen LogP contribution in [0.1, 0.15) is 44.2 Å². The maximum atomic E-state index is 11.6. The minimum atomic E-state index is -0.139. The molecule has 0 spiro atoms. The third kappa shape index (κ3) is 4.29. The van der Waals surface area contributed by atoms with Crippen LogP contribution in [-0.2, 0) is 0 Å². The lowest BCUT2D eigenvalue weighted by atomic mass is 9.87. The van der Waals surface area contributed by atoms with Gasteiger partial charge in [0.2, 0.25) is 0 Å². The van der Waals surface area contributed by atoms with E-state index in [1.54, 1.807) is 0 Å². The largest absolute Gasteiger partial charge is 0.338 e. The number of anilines is 1. The average Bonchev–Trinajstić information content (AvgIpc) is 2.76. The lowest BCUT2D eigenvalue weighted by Gasteiger charge is -2.21. The monoisotopic (exact) mass is 267 g/mol. The number of hydrogen-bond acceptors (Lipinski definition) is 3. The van der Waals surface area contributed by atoms with Crippen molar-refractivity contribution in [1.29, 1.82) is 0 Å². The van der Waals surface area contributed by atoms with Crippen molar-refractivity contribution in [2.75, 3.05) is 11.9 Å². The predicted molar refractivity (Wildman–Crippen MR) is 75.1 cm³/mol. The summed E-state index contributed by atoms with van der Waals surface area (Å²) in [5, 5.41) is 8.26. The van der Waals surface area contributed by atoms with Crippen molar-refractivity contribution in [1.82, 2.24) is 10.3 Å². The number of thiazole rings is 1. The average molecular weight is 267 g/mol. The molecule has 0 radical (unpaired) electrons. The van der Waals surface area contributed by atoms with E-state index in [-0.39, 0.29) is 6.03 Å². The molecule has 0 aliphatic heterocycles. The maximum absolute atomic E-state index is 11.6. The molecule has 1 aromatic rings. The molecule has 0 aromatic carbocycles. The van der Waals surface area contributed by atoms with Gasteiger partial charge < -0.3 is 5.32 Å². The van der Waals surface area contributed by atoms with Gasteiger partial charge in [-0.1, -0.05) is 32.1 Å². The molecule has 2 amide bonds. The minimum absolute atomic E-state index is 0.139. The Bertz CT molecular complexity index is 385. The first-order valence-corrected chi connectivity index (χ1v) is 7.59. The van der Waals surface area contributed by atoms with Crippen molar-refractivity contribution in [2.45, 2.75) is 45.4 Å². The standard InChI is InChI=1S/C13H21N3OS/c1-10-9-18-13(15-10)16-12(17)14-8-7-11-5-3-2-4-6-11/h9,11H,2-8H2,1H3,(H2,14,15,16,17). The van der Waals surface area contributed by atoms with Gasteiger partial charge in [0.1, 0.15) is 0 Å². The van der Waals surface area contributed by atoms with Crippen LogP contribution in [0.2, 0.25) is 0 Å². The van der Waals surface area contributed by atoms with E-state index in [4.69, 9.17) is 0 Å². The van der Waals surface area contributed by atoms with Crippen molar-refractivity contribution in [2.24, 2.45) is 5.92 Å². The van der Waals surface area contributed by atoms with Crippen molar-refractivity contribution >= 4 is 22.5 Å². The number of rotatable bonds is 4. The molecule has 1 aliphatic rings. The van der Waals surface area contributed by atoms with Gasteiger partial charge in [0.05, 0.1) is 5.69 Å². The third-order valence-electron chi connectivity index (χ3n) is 3.40. The molecule has 2 N–H and O–H groups in total. The number of nitrogens with one attached hydrogen (secondary N) is 2. The maximum Gasteiger partial charge on any atom is 0.321 e. The van der Waals surface area contributed by atoms with E-state index in [0.29, 0.717) is 5.13 Å². The fourth-order valence-corrected chi connectivity index (χ4v) is 3.10. The van der Waals surface area contributed by atoms with Crippen molar-refractivity contribution < 1.29 is 4.79 Å². The normalized spacial score (nSPS) is 16.5. The summed E-state index contributed by atoms with van der Waals surface area (Å²) < 4.78 is 0. The second-order valence-corrected chi connectivity index (χ2v) is 5.83. The molecule has 1 heterocycles. The van der Waals surface area contributed by atoms with Crippen LogP contribution in [0, 0.1) is 12.8 Å². The number of nitrogens with zero attached hydrogens (tertiary/aromatic N) is 1. The molecule has 0 bridgehead atoms. The van der Waals surface area contributed by atoms with E-state index in [1.165, 1.54) is 43.4 Å². The highest BCUT2D eigenvalue weighted by molar-refractivity contribution is 7.13. The van der Waals surface area contributed by atoms with Crippen LogP contribution in [0.15, 0.2) is 5.38 Å². The Labute approximate surface area is 112 Å². The quantitative estimate of drug-likeness (QED) is 0.876. The van der Waals surface area contributed by atoms with Gasteiger partial charge in [-0.25, -0.2) is 9.78 Å². The topological polar surface area (TPSA) is 54.0 Å². The molecule has 1 saturated carbocycles. The molecule has 100 valence electrons. The van der Waals surface area contributed by atoms with Gasteiger partial charge in [-0.3, -0.25) is 5.32 Å². The lowest BCUT2D eigenvalue weighted by Crippen LogP contribution is -2.30.